The van der Waals surface area contributed by atoms with Crippen molar-refractivity contribution in [2.45, 2.75) is 18.4 Å². The fraction of sp³-hybridized carbons (Fsp3) is 0.368. The van der Waals surface area contributed by atoms with Gasteiger partial charge in [-0.15, -0.1) is 0 Å². The minimum atomic E-state index is 0.461. The summed E-state index contributed by atoms with van der Waals surface area (Å²) in [5.41, 5.74) is 2.83. The van der Waals surface area contributed by atoms with Gasteiger partial charge in [-0.05, 0) is 31.1 Å². The molecule has 1 heterocycles. The normalized spacial score (nSPS) is 19.2. The summed E-state index contributed by atoms with van der Waals surface area (Å²) >= 11 is 0. The van der Waals surface area contributed by atoms with Gasteiger partial charge in [0, 0.05) is 25.0 Å². The lowest BCUT2D eigenvalue weighted by Gasteiger charge is -2.25. The predicted molar refractivity (Wildman–Crippen MR) is 88.6 cm³/mol. The van der Waals surface area contributed by atoms with E-state index in [1.807, 2.05) is 0 Å². The number of nitrogens with one attached hydrogen (secondary N) is 1. The molecule has 0 aliphatic carbocycles. The Bertz CT molecular complexity index is 499. The lowest BCUT2D eigenvalue weighted by molar-refractivity contribution is 0.319. The summed E-state index contributed by atoms with van der Waals surface area (Å²) in [6.07, 6.45) is 1.26. The number of rotatable bonds is 5. The van der Waals surface area contributed by atoms with Gasteiger partial charge in [0.05, 0.1) is 0 Å². The van der Waals surface area contributed by atoms with Crippen LogP contribution < -0.4 is 5.32 Å². The van der Waals surface area contributed by atoms with E-state index in [-0.39, 0.29) is 0 Å². The van der Waals surface area contributed by atoms with Crippen molar-refractivity contribution in [3.05, 3.63) is 71.8 Å². The van der Waals surface area contributed by atoms with Crippen molar-refractivity contribution >= 4 is 0 Å². The first-order chi connectivity index (χ1) is 10.4. The van der Waals surface area contributed by atoms with Crippen LogP contribution in [0.2, 0.25) is 0 Å². The molecule has 0 aromatic heterocycles. The van der Waals surface area contributed by atoms with Crippen LogP contribution in [0.3, 0.4) is 0 Å². The van der Waals surface area contributed by atoms with Crippen LogP contribution in [0.5, 0.6) is 0 Å². The number of hydrogen-bond donors (Lipinski definition) is 1. The number of likely N-dealkylation sites (tertiary alicyclic amines) is 1. The zero-order valence-electron chi connectivity index (χ0n) is 12.7. The molecule has 2 nitrogen and oxygen atoms in total. The molecule has 2 aromatic rings. The van der Waals surface area contributed by atoms with E-state index in [1.165, 1.54) is 24.1 Å². The van der Waals surface area contributed by atoms with E-state index in [2.05, 4.69) is 77.9 Å². The predicted octanol–water partition coefficient (Wildman–Crippen LogP) is 3.11. The zero-order chi connectivity index (χ0) is 14.5. The van der Waals surface area contributed by atoms with E-state index in [9.17, 15) is 0 Å². The Morgan fingerprint density at radius 2 is 1.57 bits per heavy atom. The summed E-state index contributed by atoms with van der Waals surface area (Å²) in [7, 11) is 2.07. The fourth-order valence-electron chi connectivity index (χ4n) is 3.27. The van der Waals surface area contributed by atoms with Gasteiger partial charge in [-0.2, -0.15) is 0 Å². The number of benzene rings is 2. The average molecular weight is 280 g/mol. The maximum atomic E-state index is 3.41. The van der Waals surface area contributed by atoms with Crippen molar-refractivity contribution in [1.82, 2.24) is 10.2 Å². The molecule has 1 fully saturated rings. The maximum absolute atomic E-state index is 3.41. The van der Waals surface area contributed by atoms with Gasteiger partial charge in [0.15, 0.2) is 0 Å². The van der Waals surface area contributed by atoms with Gasteiger partial charge in [-0.25, -0.2) is 0 Å². The van der Waals surface area contributed by atoms with Crippen molar-refractivity contribution in [2.24, 2.45) is 0 Å². The van der Waals surface area contributed by atoms with Crippen molar-refractivity contribution in [3.63, 3.8) is 0 Å². The Labute approximate surface area is 127 Å². The van der Waals surface area contributed by atoms with Crippen LogP contribution in [0.15, 0.2) is 60.7 Å². The van der Waals surface area contributed by atoms with E-state index in [1.54, 1.807) is 0 Å². The lowest BCUT2D eigenvalue weighted by Crippen LogP contribution is -2.32. The quantitative estimate of drug-likeness (QED) is 0.905. The van der Waals surface area contributed by atoms with Crippen molar-refractivity contribution in [3.8, 4) is 0 Å². The van der Waals surface area contributed by atoms with E-state index in [4.69, 9.17) is 0 Å². The van der Waals surface area contributed by atoms with Crippen LogP contribution >= 0.6 is 0 Å². The molecule has 1 unspecified atom stereocenters. The van der Waals surface area contributed by atoms with E-state index < -0.39 is 0 Å². The molecule has 3 rings (SSSR count). The second kappa shape index (κ2) is 6.88. The van der Waals surface area contributed by atoms with Crippen LogP contribution in [0, 0.1) is 0 Å². The first-order valence-corrected chi connectivity index (χ1v) is 7.86. The van der Waals surface area contributed by atoms with Gasteiger partial charge in [-0.1, -0.05) is 60.7 Å². The molecular weight excluding hydrogens is 256 g/mol. The minimum Gasteiger partial charge on any atom is -0.316 e. The Morgan fingerprint density at radius 1 is 1.00 bits per heavy atom. The van der Waals surface area contributed by atoms with Crippen LogP contribution in [-0.4, -0.2) is 37.6 Å². The maximum Gasteiger partial charge on any atom is 0.0217 e. The molecule has 0 radical (unpaired) electrons. The Morgan fingerprint density at radius 3 is 2.05 bits per heavy atom. The van der Waals surface area contributed by atoms with Crippen LogP contribution in [-0.2, 0) is 0 Å². The van der Waals surface area contributed by atoms with E-state index in [0.717, 1.165) is 13.1 Å². The van der Waals surface area contributed by atoms with Crippen molar-refractivity contribution < 1.29 is 0 Å². The molecule has 2 aromatic carbocycles. The lowest BCUT2D eigenvalue weighted by atomic mass is 9.91. The molecule has 21 heavy (non-hydrogen) atoms. The molecule has 110 valence electrons. The average Bonchev–Trinajstić information content (AvgIpc) is 3.02. The van der Waals surface area contributed by atoms with Gasteiger partial charge >= 0.3 is 0 Å². The Balaban J connectivity index is 1.80. The second-order valence-corrected chi connectivity index (χ2v) is 5.91. The van der Waals surface area contributed by atoms with Crippen molar-refractivity contribution in [1.29, 1.82) is 0 Å². The largest absolute Gasteiger partial charge is 0.316 e. The highest BCUT2D eigenvalue weighted by Crippen LogP contribution is 2.26. The molecule has 0 spiro atoms. The molecular formula is C19H24N2. The van der Waals surface area contributed by atoms with Gasteiger partial charge in [0.1, 0.15) is 0 Å². The molecule has 1 N–H and O–H groups in total. The molecule has 1 aliphatic rings. The monoisotopic (exact) mass is 280 g/mol. The number of likely N-dealkylation sites (N-methyl/N-ethyl adjacent to an activating group) is 1. The summed E-state index contributed by atoms with van der Waals surface area (Å²) in [5.74, 6) is 0.461. The summed E-state index contributed by atoms with van der Waals surface area (Å²) in [5, 5.41) is 3.41. The van der Waals surface area contributed by atoms with E-state index >= 15 is 0 Å². The number of nitrogens with zero attached hydrogens (tertiary/aromatic N) is 1. The molecule has 0 bridgehead atoms. The van der Waals surface area contributed by atoms with Crippen LogP contribution in [0.25, 0.3) is 0 Å². The van der Waals surface area contributed by atoms with Crippen molar-refractivity contribution in [2.75, 3.05) is 26.7 Å². The van der Waals surface area contributed by atoms with Gasteiger partial charge in [0.25, 0.3) is 0 Å². The topological polar surface area (TPSA) is 15.3 Å². The third kappa shape index (κ3) is 3.52. The van der Waals surface area contributed by atoms with Crippen LogP contribution in [0.1, 0.15) is 23.5 Å². The first kappa shape index (κ1) is 14.3. The summed E-state index contributed by atoms with van der Waals surface area (Å²) in [6, 6.07) is 22.4. The third-order valence-electron chi connectivity index (χ3n) is 4.53. The molecule has 2 heteroatoms. The highest BCUT2D eigenvalue weighted by molar-refractivity contribution is 5.32. The van der Waals surface area contributed by atoms with Gasteiger partial charge in [-0.3, -0.25) is 0 Å². The highest BCUT2D eigenvalue weighted by atomic mass is 15.2. The molecule has 0 saturated carbocycles. The Hall–Kier alpha value is -1.64. The van der Waals surface area contributed by atoms with Gasteiger partial charge in [0.2, 0.25) is 0 Å². The van der Waals surface area contributed by atoms with E-state index in [0.29, 0.717) is 12.0 Å². The minimum absolute atomic E-state index is 0.461. The zero-order valence-corrected chi connectivity index (χ0v) is 12.7. The third-order valence-corrected chi connectivity index (χ3v) is 4.53. The fourth-order valence-corrected chi connectivity index (χ4v) is 3.27. The highest BCUT2D eigenvalue weighted by Gasteiger charge is 2.24. The summed E-state index contributed by atoms with van der Waals surface area (Å²) in [6.45, 7) is 3.46. The van der Waals surface area contributed by atoms with Gasteiger partial charge < -0.3 is 10.2 Å². The number of hydrogen-bond acceptors (Lipinski definition) is 2. The molecule has 0 amide bonds. The Kier molecular flexibility index (Phi) is 4.69. The SMILES string of the molecule is CNC1CCN(CC(c2ccccc2)c2ccccc2)C1. The summed E-state index contributed by atoms with van der Waals surface area (Å²) in [4.78, 5) is 2.59. The summed E-state index contributed by atoms with van der Waals surface area (Å²) < 4.78 is 0. The molecule has 1 aliphatic heterocycles. The van der Waals surface area contributed by atoms with Crippen LogP contribution in [0.4, 0.5) is 0 Å². The smallest absolute Gasteiger partial charge is 0.0217 e. The molecule has 1 saturated heterocycles. The first-order valence-electron chi connectivity index (χ1n) is 7.86. The molecule has 1 atom stereocenters. The standard InChI is InChI=1S/C19H24N2/c1-20-18-12-13-21(14-18)15-19(16-8-4-2-5-9-16)17-10-6-3-7-11-17/h2-11,18-20H,12-15H2,1H3. The second-order valence-electron chi connectivity index (χ2n) is 5.91.